The first-order valence-corrected chi connectivity index (χ1v) is 14.6. The third kappa shape index (κ3) is 5.96. The maximum absolute atomic E-state index is 15.2. The van der Waals surface area contributed by atoms with E-state index in [1.165, 1.54) is 13.1 Å². The molecule has 6 rings (SSSR count). The van der Waals surface area contributed by atoms with Gasteiger partial charge in [-0.2, -0.15) is 13.2 Å². The highest BCUT2D eigenvalue weighted by molar-refractivity contribution is 5.98. The predicted octanol–water partition coefficient (Wildman–Crippen LogP) is 4.83. The van der Waals surface area contributed by atoms with Crippen LogP contribution in [0, 0.1) is 11.6 Å². The molecule has 3 aromatic heterocycles. The minimum Gasteiger partial charge on any atom is -0.377 e. The number of pyridine rings is 2. The van der Waals surface area contributed by atoms with Crippen LogP contribution in [0.25, 0.3) is 27.7 Å². The highest BCUT2D eigenvalue weighted by Gasteiger charge is 2.46. The first-order valence-electron chi connectivity index (χ1n) is 14.6. The number of para-hydroxylation sites is 1. The second-order valence-corrected chi connectivity index (χ2v) is 11.3. The van der Waals surface area contributed by atoms with Crippen LogP contribution in [0.4, 0.5) is 27.6 Å². The first kappa shape index (κ1) is 31.9. The zero-order chi connectivity index (χ0) is 33.6. The average Bonchev–Trinajstić information content (AvgIpc) is 3.53. The molecule has 4 heterocycles. The fourth-order valence-electron chi connectivity index (χ4n) is 5.92. The average molecular weight is 654 g/mol. The predicted molar refractivity (Wildman–Crippen MR) is 163 cm³/mol. The number of ketones is 1. The summed E-state index contributed by atoms with van der Waals surface area (Å²) in [6, 6.07) is 10.5. The Kier molecular flexibility index (Phi) is 8.30. The van der Waals surface area contributed by atoms with Gasteiger partial charge in [0.1, 0.15) is 28.9 Å². The van der Waals surface area contributed by atoms with E-state index >= 15 is 8.78 Å². The molecule has 1 aliphatic rings. The van der Waals surface area contributed by atoms with E-state index in [1.807, 2.05) is 24.3 Å². The molecule has 0 spiro atoms. The van der Waals surface area contributed by atoms with Gasteiger partial charge in [0.05, 0.1) is 30.3 Å². The summed E-state index contributed by atoms with van der Waals surface area (Å²) in [5, 5.41) is 3.21. The smallest absolute Gasteiger partial charge is 0.377 e. The van der Waals surface area contributed by atoms with Gasteiger partial charge in [-0.15, -0.1) is 0 Å². The van der Waals surface area contributed by atoms with Crippen LogP contribution in [-0.4, -0.2) is 63.7 Å². The van der Waals surface area contributed by atoms with E-state index in [2.05, 4.69) is 10.3 Å². The molecule has 0 radical (unpaired) electrons. The normalized spacial score (nSPS) is 16.1. The number of ether oxygens (including phenoxy) is 1. The standard InChI is InChI=1S/C33H28F5N5O4/c1-18(44)26(40-31(45)29-24(34)14-21(15-25(29)35)42-11-12-47-17-28(42)33(36,37)38)16-20-7-8-22(30-39-9-10-43(20)30)23-13-19-5-3-4-6-27(19)41(2)32(23)46/h3-10,13-15,26,28H,11-12,16-17H2,1-2H3,(H,40,45)/t26-,28+/m0/s1. The lowest BCUT2D eigenvalue weighted by Crippen LogP contribution is -2.53. The second kappa shape index (κ2) is 12.2. The summed E-state index contributed by atoms with van der Waals surface area (Å²) in [5.74, 6) is -4.53. The van der Waals surface area contributed by atoms with E-state index in [9.17, 15) is 27.6 Å². The van der Waals surface area contributed by atoms with Crippen LogP contribution >= 0.6 is 0 Å². The number of halogens is 5. The Bertz CT molecular complexity index is 2070. The monoisotopic (exact) mass is 653 g/mol. The van der Waals surface area contributed by atoms with Crippen molar-refractivity contribution in [2.75, 3.05) is 24.7 Å². The molecule has 0 aliphatic carbocycles. The van der Waals surface area contributed by atoms with E-state index in [4.69, 9.17) is 4.74 Å². The number of imidazole rings is 1. The molecule has 5 aromatic rings. The molecular formula is C33H28F5N5O4. The Morgan fingerprint density at radius 1 is 1.06 bits per heavy atom. The van der Waals surface area contributed by atoms with Gasteiger partial charge in [-0.1, -0.05) is 18.2 Å². The number of benzene rings is 2. The number of aromatic nitrogens is 3. The van der Waals surface area contributed by atoms with Crippen molar-refractivity contribution < 1.29 is 36.3 Å². The van der Waals surface area contributed by atoms with E-state index in [-0.39, 0.29) is 25.1 Å². The van der Waals surface area contributed by atoms with E-state index < -0.39 is 59.4 Å². The van der Waals surface area contributed by atoms with Gasteiger partial charge < -0.3 is 23.9 Å². The maximum atomic E-state index is 15.2. The lowest BCUT2D eigenvalue weighted by atomic mass is 10.0. The Hall–Kier alpha value is -5.11. The second-order valence-electron chi connectivity index (χ2n) is 11.3. The van der Waals surface area contributed by atoms with Gasteiger partial charge in [0.15, 0.2) is 5.78 Å². The van der Waals surface area contributed by atoms with Crippen molar-refractivity contribution in [3.63, 3.8) is 0 Å². The van der Waals surface area contributed by atoms with Crippen molar-refractivity contribution in [3.8, 4) is 11.1 Å². The summed E-state index contributed by atoms with van der Waals surface area (Å²) in [6.07, 6.45) is -1.69. The number of anilines is 1. The van der Waals surface area contributed by atoms with Crippen LogP contribution in [0.2, 0.25) is 0 Å². The van der Waals surface area contributed by atoms with Crippen molar-refractivity contribution in [1.29, 1.82) is 0 Å². The van der Waals surface area contributed by atoms with Gasteiger partial charge >= 0.3 is 6.18 Å². The topological polar surface area (TPSA) is 97.9 Å². The van der Waals surface area contributed by atoms with E-state index in [1.54, 1.807) is 40.4 Å². The Balaban J connectivity index is 1.28. The van der Waals surface area contributed by atoms with Crippen molar-refractivity contribution in [1.82, 2.24) is 19.3 Å². The van der Waals surface area contributed by atoms with Gasteiger partial charge in [-0.3, -0.25) is 14.4 Å². The van der Waals surface area contributed by atoms with Crippen LogP contribution < -0.4 is 15.8 Å². The molecule has 1 amide bonds. The summed E-state index contributed by atoms with van der Waals surface area (Å²) in [7, 11) is 1.67. The van der Waals surface area contributed by atoms with E-state index in [0.717, 1.165) is 15.8 Å². The molecule has 1 N–H and O–H groups in total. The molecule has 2 aromatic carbocycles. The molecule has 9 nitrogen and oxygen atoms in total. The molecule has 0 unspecified atom stereocenters. The van der Waals surface area contributed by atoms with Crippen LogP contribution in [0.3, 0.4) is 0 Å². The number of nitrogens with one attached hydrogen (secondary N) is 1. The third-order valence-corrected chi connectivity index (χ3v) is 8.36. The van der Waals surface area contributed by atoms with Crippen molar-refractivity contribution in [2.45, 2.75) is 31.6 Å². The number of rotatable bonds is 7. The zero-order valence-electron chi connectivity index (χ0n) is 25.1. The number of amides is 1. The number of hydrogen-bond acceptors (Lipinski definition) is 6. The highest BCUT2D eigenvalue weighted by atomic mass is 19.4. The zero-order valence-corrected chi connectivity index (χ0v) is 25.1. The number of fused-ring (bicyclic) bond motifs is 2. The van der Waals surface area contributed by atoms with Crippen molar-refractivity contribution in [3.05, 3.63) is 100 Å². The van der Waals surface area contributed by atoms with Gasteiger partial charge in [-0.25, -0.2) is 13.8 Å². The van der Waals surface area contributed by atoms with Gasteiger partial charge in [0.25, 0.3) is 11.5 Å². The summed E-state index contributed by atoms with van der Waals surface area (Å²) < 4.78 is 79.1. The van der Waals surface area contributed by atoms with Crippen LogP contribution in [0.5, 0.6) is 0 Å². The lowest BCUT2D eigenvalue weighted by molar-refractivity contribution is -0.167. The van der Waals surface area contributed by atoms with E-state index in [0.29, 0.717) is 34.6 Å². The van der Waals surface area contributed by atoms with Crippen LogP contribution in [0.1, 0.15) is 23.0 Å². The SMILES string of the molecule is CC(=O)[C@H](Cc1ccc(-c2cc3ccccc3n(C)c2=O)c2nccn12)NC(=O)c1c(F)cc(N2CCOC[C@@H]2C(F)(F)F)cc1F. The number of aryl methyl sites for hydroxylation is 1. The minimum atomic E-state index is -4.72. The summed E-state index contributed by atoms with van der Waals surface area (Å²) >= 11 is 0. The fraction of sp³-hybridized carbons (Fsp3) is 0.273. The molecule has 0 saturated carbocycles. The molecule has 1 saturated heterocycles. The number of carbonyl (C=O) groups excluding carboxylic acids is 2. The molecule has 1 aliphatic heterocycles. The first-order chi connectivity index (χ1) is 22.3. The quantitative estimate of drug-likeness (QED) is 0.253. The molecule has 1 fully saturated rings. The Morgan fingerprint density at radius 3 is 2.49 bits per heavy atom. The Labute approximate surface area is 264 Å². The fourth-order valence-corrected chi connectivity index (χ4v) is 5.92. The van der Waals surface area contributed by atoms with Crippen molar-refractivity contribution >= 4 is 33.9 Å². The molecule has 0 bridgehead atoms. The number of hydrogen-bond donors (Lipinski definition) is 1. The number of morpholine rings is 1. The maximum Gasteiger partial charge on any atom is 0.411 e. The van der Waals surface area contributed by atoms with Gasteiger partial charge in [0, 0.05) is 49.4 Å². The van der Waals surface area contributed by atoms with Crippen LogP contribution in [-0.2, 0) is 23.0 Å². The molecule has 244 valence electrons. The number of carbonyl (C=O) groups is 2. The minimum absolute atomic E-state index is 0.0809. The number of nitrogens with zero attached hydrogens (tertiary/aromatic N) is 4. The lowest BCUT2D eigenvalue weighted by Gasteiger charge is -2.38. The molecule has 14 heteroatoms. The van der Waals surface area contributed by atoms with Crippen LogP contribution in [0.15, 0.2) is 71.8 Å². The van der Waals surface area contributed by atoms with Crippen molar-refractivity contribution in [2.24, 2.45) is 7.05 Å². The Morgan fingerprint density at radius 2 is 1.79 bits per heavy atom. The summed E-state index contributed by atoms with van der Waals surface area (Å²) in [5.41, 5.74) is 0.933. The summed E-state index contributed by atoms with van der Waals surface area (Å²) in [6.45, 7) is 0.147. The number of Topliss-reactive ketones (excluding diaryl/α,β-unsaturated/α-hetero) is 1. The largest absolute Gasteiger partial charge is 0.411 e. The highest BCUT2D eigenvalue weighted by Crippen LogP contribution is 2.33. The molecule has 47 heavy (non-hydrogen) atoms. The number of alkyl halides is 3. The molecular weight excluding hydrogens is 625 g/mol. The third-order valence-electron chi connectivity index (χ3n) is 8.36. The summed E-state index contributed by atoms with van der Waals surface area (Å²) in [4.78, 5) is 44.3. The van der Waals surface area contributed by atoms with Gasteiger partial charge in [-0.05, 0) is 48.7 Å². The molecule has 2 atom stereocenters. The van der Waals surface area contributed by atoms with Gasteiger partial charge in [0.2, 0.25) is 0 Å².